The van der Waals surface area contributed by atoms with Crippen LogP contribution in [0.2, 0.25) is 0 Å². The highest BCUT2D eigenvalue weighted by molar-refractivity contribution is 5.64. The minimum Gasteiger partial charge on any atom is -0.461 e. The molecule has 2 aliphatic carbocycles. The fraction of sp³-hybridized carbons (Fsp3) is 0.840. The van der Waals surface area contributed by atoms with Gasteiger partial charge in [0.1, 0.15) is 17.8 Å². The van der Waals surface area contributed by atoms with Crippen molar-refractivity contribution in [3.05, 3.63) is 11.1 Å². The van der Waals surface area contributed by atoms with Crippen molar-refractivity contribution in [2.45, 2.75) is 96.4 Å². The van der Waals surface area contributed by atoms with Crippen molar-refractivity contribution in [1.29, 1.82) is 0 Å². The Labute approximate surface area is 196 Å². The van der Waals surface area contributed by atoms with E-state index in [2.05, 4.69) is 0 Å². The fourth-order valence-corrected chi connectivity index (χ4v) is 6.68. The average Bonchev–Trinajstić information content (AvgIpc) is 2.83. The third-order valence-corrected chi connectivity index (χ3v) is 9.29. The predicted octanol–water partition coefficient (Wildman–Crippen LogP) is 1.78. The molecular weight excluding hydrogens is 428 g/mol. The van der Waals surface area contributed by atoms with E-state index in [1.807, 2.05) is 20.8 Å². The average molecular weight is 469 g/mol. The molecule has 1 aliphatic heterocycles. The maximum atomic E-state index is 12.5. The number of ether oxygens (including phenoxy) is 3. The Bertz CT molecular complexity index is 778. The van der Waals surface area contributed by atoms with Crippen LogP contribution in [0.3, 0.4) is 0 Å². The zero-order valence-corrected chi connectivity index (χ0v) is 20.6. The molecule has 3 N–H and O–H groups in total. The summed E-state index contributed by atoms with van der Waals surface area (Å²) < 4.78 is 17.1. The predicted molar refractivity (Wildman–Crippen MR) is 120 cm³/mol. The second kappa shape index (κ2) is 9.38. The first-order valence-electron chi connectivity index (χ1n) is 11.9. The molecule has 8 nitrogen and oxygen atoms in total. The zero-order chi connectivity index (χ0) is 24.8. The van der Waals surface area contributed by atoms with E-state index in [1.165, 1.54) is 7.11 Å². The van der Waals surface area contributed by atoms with E-state index < -0.39 is 46.8 Å². The van der Waals surface area contributed by atoms with E-state index >= 15 is 0 Å². The molecule has 188 valence electrons. The summed E-state index contributed by atoms with van der Waals surface area (Å²) in [6.45, 7) is 10.3. The summed E-state index contributed by atoms with van der Waals surface area (Å²) in [5, 5.41) is 34.3. The van der Waals surface area contributed by atoms with Crippen LogP contribution >= 0.6 is 0 Å². The van der Waals surface area contributed by atoms with Gasteiger partial charge in [-0.15, -0.1) is 0 Å². The van der Waals surface area contributed by atoms with Gasteiger partial charge < -0.3 is 34.3 Å². The molecule has 0 aromatic carbocycles. The molecule has 2 fully saturated rings. The molecule has 33 heavy (non-hydrogen) atoms. The van der Waals surface area contributed by atoms with Crippen LogP contribution in [0.4, 0.5) is 0 Å². The monoisotopic (exact) mass is 468 g/mol. The van der Waals surface area contributed by atoms with Crippen LogP contribution in [0.15, 0.2) is 11.1 Å². The second-order valence-electron chi connectivity index (χ2n) is 10.9. The summed E-state index contributed by atoms with van der Waals surface area (Å²) in [6.07, 6.45) is -1.70. The molecule has 9 atom stereocenters. The van der Waals surface area contributed by atoms with Crippen LogP contribution in [0, 0.1) is 22.7 Å². The van der Waals surface area contributed by atoms with E-state index in [0.717, 1.165) is 0 Å². The molecule has 1 heterocycles. The number of methoxy groups -OCH3 is 1. The SMILES string of the molecule is CCC1(C)C(C(O)C=O)=C(C)[C@@H](OC)CC1(O)[C@@H](OC=O)C1CC2COC2CC(O)C1(C)C. The van der Waals surface area contributed by atoms with Gasteiger partial charge >= 0.3 is 0 Å². The first-order chi connectivity index (χ1) is 15.4. The Hall–Kier alpha value is -1.32. The van der Waals surface area contributed by atoms with Crippen LogP contribution in [-0.2, 0) is 23.8 Å². The lowest BCUT2D eigenvalue weighted by Gasteiger charge is -2.58. The molecule has 0 bridgehead atoms. The summed E-state index contributed by atoms with van der Waals surface area (Å²) in [7, 11) is 1.51. The van der Waals surface area contributed by atoms with Crippen molar-refractivity contribution in [3.8, 4) is 0 Å². The van der Waals surface area contributed by atoms with E-state index in [4.69, 9.17) is 14.2 Å². The highest BCUT2D eigenvalue weighted by Gasteiger charge is 2.64. The number of aliphatic hydroxyl groups excluding tert-OH is 2. The van der Waals surface area contributed by atoms with Gasteiger partial charge in [0, 0.05) is 37.2 Å². The number of aldehydes is 1. The maximum Gasteiger partial charge on any atom is 0.293 e. The molecule has 3 rings (SSSR count). The maximum absolute atomic E-state index is 12.5. The van der Waals surface area contributed by atoms with Gasteiger partial charge in [-0.2, -0.15) is 0 Å². The fourth-order valence-electron chi connectivity index (χ4n) is 6.68. The molecule has 0 aromatic rings. The van der Waals surface area contributed by atoms with Crippen LogP contribution in [0.1, 0.15) is 60.3 Å². The molecule has 0 aromatic heterocycles. The van der Waals surface area contributed by atoms with E-state index in [9.17, 15) is 24.9 Å². The number of fused-ring (bicyclic) bond motifs is 1. The van der Waals surface area contributed by atoms with Crippen molar-refractivity contribution < 1.29 is 39.1 Å². The first-order valence-corrected chi connectivity index (χ1v) is 11.9. The van der Waals surface area contributed by atoms with Gasteiger partial charge in [-0.3, -0.25) is 4.79 Å². The molecule has 3 aliphatic rings. The first kappa shape index (κ1) is 26.3. The molecular formula is C25H40O8. The molecule has 0 radical (unpaired) electrons. The lowest BCUT2D eigenvalue weighted by molar-refractivity contribution is -0.218. The number of hydrogen-bond acceptors (Lipinski definition) is 8. The van der Waals surface area contributed by atoms with Gasteiger partial charge in [-0.1, -0.05) is 27.7 Å². The summed E-state index contributed by atoms with van der Waals surface area (Å²) >= 11 is 0. The summed E-state index contributed by atoms with van der Waals surface area (Å²) in [5.74, 6) is -0.196. The van der Waals surface area contributed by atoms with Gasteiger partial charge in [-0.05, 0) is 36.3 Å². The molecule has 8 heteroatoms. The molecule has 0 spiro atoms. The van der Waals surface area contributed by atoms with Gasteiger partial charge in [0.2, 0.25) is 0 Å². The largest absolute Gasteiger partial charge is 0.461 e. The Morgan fingerprint density at radius 3 is 2.39 bits per heavy atom. The van der Waals surface area contributed by atoms with Gasteiger partial charge in [0.05, 0.1) is 24.9 Å². The molecule has 1 saturated heterocycles. The van der Waals surface area contributed by atoms with Gasteiger partial charge in [0.25, 0.3) is 6.47 Å². The highest BCUT2D eigenvalue weighted by atomic mass is 16.5. The van der Waals surface area contributed by atoms with Crippen molar-refractivity contribution in [1.82, 2.24) is 0 Å². The van der Waals surface area contributed by atoms with E-state index in [-0.39, 0.29) is 18.4 Å². The third kappa shape index (κ3) is 3.97. The summed E-state index contributed by atoms with van der Waals surface area (Å²) in [4.78, 5) is 23.5. The second-order valence-corrected chi connectivity index (χ2v) is 10.9. The Morgan fingerprint density at radius 1 is 1.24 bits per heavy atom. The smallest absolute Gasteiger partial charge is 0.293 e. The number of carbonyl (C=O) groups is 2. The highest BCUT2D eigenvalue weighted by Crippen LogP contribution is 2.58. The Kier molecular flexibility index (Phi) is 7.47. The Balaban J connectivity index is 2.19. The van der Waals surface area contributed by atoms with Crippen molar-refractivity contribution >= 4 is 12.8 Å². The van der Waals surface area contributed by atoms with E-state index in [1.54, 1.807) is 13.8 Å². The normalized spacial score (nSPS) is 42.4. The van der Waals surface area contributed by atoms with Crippen LogP contribution in [-0.4, -0.2) is 77.9 Å². The van der Waals surface area contributed by atoms with Crippen molar-refractivity contribution in [2.24, 2.45) is 22.7 Å². The van der Waals surface area contributed by atoms with Crippen LogP contribution in [0.25, 0.3) is 0 Å². The molecule has 7 unspecified atom stereocenters. The van der Waals surface area contributed by atoms with Crippen molar-refractivity contribution in [2.75, 3.05) is 13.7 Å². The molecule has 0 amide bonds. The number of aliphatic hydroxyl groups is 3. The minimum atomic E-state index is -1.66. The van der Waals surface area contributed by atoms with Crippen LogP contribution < -0.4 is 0 Å². The summed E-state index contributed by atoms with van der Waals surface area (Å²) in [5.41, 5.74) is -2.33. The number of hydrogen-bond donors (Lipinski definition) is 3. The number of carbonyl (C=O) groups excluding carboxylic acids is 2. The lowest BCUT2D eigenvalue weighted by Crippen LogP contribution is -2.66. The van der Waals surface area contributed by atoms with Gasteiger partial charge in [0.15, 0.2) is 6.29 Å². The van der Waals surface area contributed by atoms with E-state index in [0.29, 0.717) is 49.8 Å². The summed E-state index contributed by atoms with van der Waals surface area (Å²) in [6, 6.07) is 0. The minimum absolute atomic E-state index is 0.0546. The lowest BCUT2D eigenvalue weighted by atomic mass is 9.52. The number of rotatable bonds is 8. The zero-order valence-electron chi connectivity index (χ0n) is 20.6. The third-order valence-electron chi connectivity index (χ3n) is 9.29. The quantitative estimate of drug-likeness (QED) is 0.364. The Morgan fingerprint density at radius 2 is 1.91 bits per heavy atom. The van der Waals surface area contributed by atoms with Gasteiger partial charge in [-0.25, -0.2) is 0 Å². The van der Waals surface area contributed by atoms with Crippen LogP contribution in [0.5, 0.6) is 0 Å². The topological polar surface area (TPSA) is 123 Å². The standard InChI is InChI=1S/C25H40O8/c1-7-24(5)21(17(28)11-26)14(2)19(31-6)10-25(24,30)22(33-13-27)16-8-15-12-32-18(15)9-20(29)23(16,3)4/h11,13,15-20,22,28-30H,7-10,12H2,1-6H3/t15?,16?,17?,18?,19-,20?,22-,24?,25?/m0/s1. The van der Waals surface area contributed by atoms with Crippen molar-refractivity contribution in [3.63, 3.8) is 0 Å². The molecule has 1 saturated carbocycles.